The molecular formula is C22H21F2N5OS. The molecule has 0 saturated carbocycles. The second-order valence-electron chi connectivity index (χ2n) is 7.80. The predicted molar refractivity (Wildman–Crippen MR) is 118 cm³/mol. The van der Waals surface area contributed by atoms with Gasteiger partial charge >= 0.3 is 0 Å². The molecule has 4 heterocycles. The zero-order valence-electron chi connectivity index (χ0n) is 16.7. The minimum absolute atomic E-state index is 0.0139. The highest BCUT2D eigenvalue weighted by Crippen LogP contribution is 2.34. The summed E-state index contributed by atoms with van der Waals surface area (Å²) in [6.07, 6.45) is 2.94. The van der Waals surface area contributed by atoms with Crippen LogP contribution in [0.25, 0.3) is 10.6 Å². The first-order valence-electron chi connectivity index (χ1n) is 10.2. The lowest BCUT2D eigenvalue weighted by molar-refractivity contribution is 0.0984. The van der Waals surface area contributed by atoms with Gasteiger partial charge in [0.05, 0.1) is 17.9 Å². The van der Waals surface area contributed by atoms with Gasteiger partial charge in [0, 0.05) is 37.0 Å². The molecule has 0 bridgehead atoms. The summed E-state index contributed by atoms with van der Waals surface area (Å²) in [6, 6.07) is 8.10. The summed E-state index contributed by atoms with van der Waals surface area (Å²) in [5.41, 5.74) is 7.84. The van der Waals surface area contributed by atoms with Crippen LogP contribution in [0.1, 0.15) is 28.2 Å². The minimum Gasteiger partial charge on any atom is -0.396 e. The van der Waals surface area contributed by atoms with Gasteiger partial charge in [0.1, 0.15) is 27.7 Å². The first-order valence-corrected chi connectivity index (χ1v) is 11.0. The SMILES string of the molecule is Nc1cc(N2CCc3nc(-c4ccc(N5CCCC(F)C5)nc4)sc3C2=O)ccc1F. The van der Waals surface area contributed by atoms with E-state index in [1.165, 1.54) is 23.5 Å². The van der Waals surface area contributed by atoms with Crippen LogP contribution in [-0.2, 0) is 6.42 Å². The molecule has 1 unspecified atom stereocenters. The Hall–Kier alpha value is -3.07. The topological polar surface area (TPSA) is 75.3 Å². The molecule has 1 fully saturated rings. The van der Waals surface area contributed by atoms with E-state index in [2.05, 4.69) is 9.97 Å². The Morgan fingerprint density at radius 2 is 2.06 bits per heavy atom. The minimum atomic E-state index is -0.814. The molecule has 0 radical (unpaired) electrons. The summed E-state index contributed by atoms with van der Waals surface area (Å²) in [7, 11) is 0. The lowest BCUT2D eigenvalue weighted by Crippen LogP contribution is -2.37. The van der Waals surface area contributed by atoms with Gasteiger partial charge in [-0.1, -0.05) is 0 Å². The summed E-state index contributed by atoms with van der Waals surface area (Å²) in [6.45, 7) is 1.63. The molecule has 1 amide bonds. The lowest BCUT2D eigenvalue weighted by Gasteiger charge is -2.29. The van der Waals surface area contributed by atoms with Crippen LogP contribution < -0.4 is 15.5 Å². The highest BCUT2D eigenvalue weighted by Gasteiger charge is 2.30. The molecule has 2 aromatic heterocycles. The Balaban J connectivity index is 1.38. The first-order chi connectivity index (χ1) is 15.0. The monoisotopic (exact) mass is 441 g/mol. The van der Waals surface area contributed by atoms with Crippen molar-refractivity contribution in [2.75, 3.05) is 35.2 Å². The smallest absolute Gasteiger partial charge is 0.270 e. The molecule has 3 aromatic rings. The van der Waals surface area contributed by atoms with Gasteiger partial charge in [-0.2, -0.15) is 0 Å². The van der Waals surface area contributed by atoms with Gasteiger partial charge in [0.25, 0.3) is 5.91 Å². The average Bonchev–Trinajstić information content (AvgIpc) is 3.22. The van der Waals surface area contributed by atoms with Crippen LogP contribution in [0, 0.1) is 5.82 Å². The fourth-order valence-electron chi connectivity index (χ4n) is 4.03. The van der Waals surface area contributed by atoms with Crippen LogP contribution in [0.15, 0.2) is 36.5 Å². The molecule has 2 aliphatic rings. The largest absolute Gasteiger partial charge is 0.396 e. The molecule has 1 atom stereocenters. The van der Waals surface area contributed by atoms with Crippen molar-refractivity contribution in [2.24, 2.45) is 0 Å². The summed E-state index contributed by atoms with van der Waals surface area (Å²) in [5, 5.41) is 0.722. The van der Waals surface area contributed by atoms with Crippen molar-refractivity contribution in [3.8, 4) is 10.6 Å². The van der Waals surface area contributed by atoms with E-state index in [9.17, 15) is 13.6 Å². The van der Waals surface area contributed by atoms with Gasteiger partial charge in [-0.3, -0.25) is 4.79 Å². The number of fused-ring (bicyclic) bond motifs is 1. The van der Waals surface area contributed by atoms with Gasteiger partial charge in [-0.15, -0.1) is 11.3 Å². The van der Waals surface area contributed by atoms with Gasteiger partial charge in [-0.25, -0.2) is 18.7 Å². The summed E-state index contributed by atoms with van der Waals surface area (Å²) in [4.78, 5) is 26.3. The molecule has 0 aliphatic carbocycles. The molecule has 9 heteroatoms. The molecule has 0 spiro atoms. The van der Waals surface area contributed by atoms with Crippen molar-refractivity contribution in [1.29, 1.82) is 0 Å². The second-order valence-corrected chi connectivity index (χ2v) is 8.80. The summed E-state index contributed by atoms with van der Waals surface area (Å²) < 4.78 is 27.2. The maximum atomic E-state index is 13.7. The normalized spacial score (nSPS) is 18.9. The van der Waals surface area contributed by atoms with Crippen molar-refractivity contribution in [3.05, 3.63) is 52.9 Å². The number of thiazole rings is 1. The zero-order valence-corrected chi connectivity index (χ0v) is 17.5. The molecule has 5 rings (SSSR count). The number of nitrogens with two attached hydrogens (primary N) is 1. The third-order valence-electron chi connectivity index (χ3n) is 5.68. The van der Waals surface area contributed by atoms with Crippen LogP contribution in [0.5, 0.6) is 0 Å². The molecule has 6 nitrogen and oxygen atoms in total. The zero-order chi connectivity index (χ0) is 21.5. The number of aromatic nitrogens is 2. The third-order valence-corrected chi connectivity index (χ3v) is 6.82. The number of rotatable bonds is 3. The lowest BCUT2D eigenvalue weighted by atomic mass is 10.1. The van der Waals surface area contributed by atoms with Crippen LogP contribution in [0.4, 0.5) is 26.0 Å². The van der Waals surface area contributed by atoms with Crippen LogP contribution in [-0.4, -0.2) is 41.7 Å². The van der Waals surface area contributed by atoms with Crippen LogP contribution in [0.3, 0.4) is 0 Å². The summed E-state index contributed by atoms with van der Waals surface area (Å²) >= 11 is 1.32. The van der Waals surface area contributed by atoms with E-state index in [1.807, 2.05) is 17.0 Å². The maximum Gasteiger partial charge on any atom is 0.270 e. The Bertz CT molecular complexity index is 1130. The Morgan fingerprint density at radius 3 is 2.81 bits per heavy atom. The van der Waals surface area contributed by atoms with Crippen molar-refractivity contribution in [1.82, 2.24) is 9.97 Å². The fraction of sp³-hybridized carbons (Fsp3) is 0.318. The third kappa shape index (κ3) is 3.74. The van der Waals surface area contributed by atoms with E-state index in [4.69, 9.17) is 5.73 Å². The molecular weight excluding hydrogens is 420 g/mol. The maximum absolute atomic E-state index is 13.7. The quantitative estimate of drug-likeness (QED) is 0.620. The molecule has 160 valence electrons. The number of pyridine rings is 1. The number of anilines is 3. The van der Waals surface area contributed by atoms with Gasteiger partial charge in [0.2, 0.25) is 0 Å². The number of hydrogen-bond donors (Lipinski definition) is 1. The van der Waals surface area contributed by atoms with E-state index in [1.54, 1.807) is 17.2 Å². The highest BCUT2D eigenvalue weighted by atomic mass is 32.1. The molecule has 2 aliphatic heterocycles. The number of hydrogen-bond acceptors (Lipinski definition) is 6. The number of amides is 1. The predicted octanol–water partition coefficient (Wildman–Crippen LogP) is 4.07. The van der Waals surface area contributed by atoms with Crippen LogP contribution >= 0.6 is 11.3 Å². The van der Waals surface area contributed by atoms with E-state index in [0.717, 1.165) is 35.0 Å². The average molecular weight is 442 g/mol. The number of nitrogen functional groups attached to an aromatic ring is 1. The number of carbonyl (C=O) groups excluding carboxylic acids is 1. The van der Waals surface area contributed by atoms with Crippen LogP contribution in [0.2, 0.25) is 0 Å². The van der Waals surface area contributed by atoms with Gasteiger partial charge in [-0.05, 0) is 43.2 Å². The van der Waals surface area contributed by atoms with Gasteiger partial charge in [0.15, 0.2) is 0 Å². The number of nitrogens with zero attached hydrogens (tertiary/aromatic N) is 4. The molecule has 2 N–H and O–H groups in total. The number of alkyl halides is 1. The van der Waals surface area contributed by atoms with Gasteiger partial charge < -0.3 is 15.5 Å². The Kier molecular flexibility index (Phi) is 5.05. The van der Waals surface area contributed by atoms with Crippen molar-refractivity contribution >= 4 is 34.4 Å². The van der Waals surface area contributed by atoms with Crippen molar-refractivity contribution < 1.29 is 13.6 Å². The highest BCUT2D eigenvalue weighted by molar-refractivity contribution is 7.17. The number of piperidine rings is 1. The fourth-order valence-corrected chi connectivity index (χ4v) is 5.08. The number of carbonyl (C=O) groups is 1. The number of halogens is 2. The van der Waals surface area contributed by atoms with E-state index >= 15 is 0 Å². The molecule has 31 heavy (non-hydrogen) atoms. The number of benzene rings is 1. The first kappa shape index (κ1) is 19.9. The van der Waals surface area contributed by atoms with Crippen molar-refractivity contribution in [3.63, 3.8) is 0 Å². The Labute approximate surface area is 182 Å². The summed E-state index contributed by atoms with van der Waals surface area (Å²) in [5.74, 6) is 0.0861. The molecule has 1 saturated heterocycles. The second kappa shape index (κ2) is 7.88. The molecule has 1 aromatic carbocycles. The standard InChI is InChI=1S/C22H21F2N5OS/c23-14-2-1-8-28(12-14)19-6-3-13(11-26-19)21-27-18-7-9-29(22(30)20(18)31-21)15-4-5-16(24)17(25)10-15/h3-6,10-11,14H,1-2,7-9,12,25H2. The van der Waals surface area contributed by atoms with E-state index < -0.39 is 12.0 Å². The van der Waals surface area contributed by atoms with E-state index in [0.29, 0.717) is 36.5 Å². The Morgan fingerprint density at radius 1 is 1.19 bits per heavy atom. The van der Waals surface area contributed by atoms with Crippen molar-refractivity contribution in [2.45, 2.75) is 25.4 Å². The van der Waals surface area contributed by atoms with E-state index in [-0.39, 0.29) is 11.6 Å².